The van der Waals surface area contributed by atoms with Crippen molar-refractivity contribution in [2.75, 3.05) is 20.2 Å². The summed E-state index contributed by atoms with van der Waals surface area (Å²) in [6, 6.07) is 7.96. The van der Waals surface area contributed by atoms with Crippen LogP contribution in [0.3, 0.4) is 0 Å². The van der Waals surface area contributed by atoms with Crippen LogP contribution in [0.2, 0.25) is 0 Å². The summed E-state index contributed by atoms with van der Waals surface area (Å²) in [5.41, 5.74) is 1.85. The lowest BCUT2D eigenvalue weighted by molar-refractivity contribution is -0.0444. The minimum absolute atomic E-state index is 0. The number of aliphatic hydroxyl groups is 1. The number of fused-ring (bicyclic) bond motifs is 4. The predicted octanol–water partition coefficient (Wildman–Crippen LogP) is 2.93. The van der Waals surface area contributed by atoms with Gasteiger partial charge in [0, 0.05) is 24.2 Å². The largest absolute Gasteiger partial charge is 0.497 e. The first-order valence-corrected chi connectivity index (χ1v) is 8.68. The highest BCUT2D eigenvalue weighted by Gasteiger charge is 2.42. The van der Waals surface area contributed by atoms with Gasteiger partial charge in [-0.2, -0.15) is 0 Å². The van der Waals surface area contributed by atoms with E-state index in [-0.39, 0.29) is 28.5 Å². The van der Waals surface area contributed by atoms with E-state index in [1.807, 2.05) is 24.3 Å². The van der Waals surface area contributed by atoms with Crippen molar-refractivity contribution in [1.82, 2.24) is 9.88 Å². The van der Waals surface area contributed by atoms with Gasteiger partial charge in [-0.25, -0.2) is 0 Å². The molecule has 2 bridgehead atoms. The van der Waals surface area contributed by atoms with Crippen LogP contribution in [0.15, 0.2) is 43.1 Å². The van der Waals surface area contributed by atoms with Gasteiger partial charge in [0.1, 0.15) is 5.75 Å². The molecule has 1 aromatic carbocycles. The maximum atomic E-state index is 11.2. The van der Waals surface area contributed by atoms with Crippen molar-refractivity contribution in [1.29, 1.82) is 0 Å². The van der Waals surface area contributed by atoms with Gasteiger partial charge < -0.3 is 15.3 Å². The molecule has 2 aromatic rings. The summed E-state index contributed by atoms with van der Waals surface area (Å²) in [5.74, 6) is 2.01. The number of pyridine rings is 1. The van der Waals surface area contributed by atoms with E-state index in [4.69, 9.17) is 4.74 Å². The van der Waals surface area contributed by atoms with Gasteiger partial charge in [-0.1, -0.05) is 6.08 Å². The molecule has 0 radical (unpaired) electrons. The fourth-order valence-corrected chi connectivity index (χ4v) is 4.44. The lowest BCUT2D eigenvalue weighted by Crippen LogP contribution is -2.54. The lowest BCUT2D eigenvalue weighted by Gasteiger charge is -2.50. The highest BCUT2D eigenvalue weighted by molar-refractivity contribution is 8.93. The third kappa shape index (κ3) is 3.51. The molecule has 0 saturated carbocycles. The topological polar surface area (TPSA) is 77.1 Å². The molecule has 5 atom stereocenters. The first-order valence-electron chi connectivity index (χ1n) is 8.68. The summed E-state index contributed by atoms with van der Waals surface area (Å²) in [6.07, 6.45) is 5.62. The van der Waals surface area contributed by atoms with Gasteiger partial charge in [-0.05, 0) is 61.1 Å². The Labute approximate surface area is 164 Å². The van der Waals surface area contributed by atoms with Crippen molar-refractivity contribution in [3.63, 3.8) is 0 Å². The second-order valence-electron chi connectivity index (χ2n) is 6.97. The molecule has 6 heteroatoms. The average Bonchev–Trinajstić information content (AvgIpc) is 2.66. The van der Waals surface area contributed by atoms with Gasteiger partial charge in [0.15, 0.2) is 0 Å². The van der Waals surface area contributed by atoms with Crippen molar-refractivity contribution >= 4 is 27.9 Å². The monoisotopic (exact) mass is 422 g/mol. The molecular formula is C20H27BrN2O3. The first-order chi connectivity index (χ1) is 11.7. The number of aliphatic hydroxyl groups excluding tert-OH is 1. The molecule has 26 heavy (non-hydrogen) atoms. The number of hydrogen-bond acceptors (Lipinski definition) is 4. The summed E-state index contributed by atoms with van der Waals surface area (Å²) in [4.78, 5) is 6.86. The summed E-state index contributed by atoms with van der Waals surface area (Å²) in [6.45, 7) is 6.07. The number of ether oxygens (including phenoxy) is 1. The summed E-state index contributed by atoms with van der Waals surface area (Å²) in [5, 5.41) is 12.1. The van der Waals surface area contributed by atoms with Crippen LogP contribution in [-0.2, 0) is 0 Å². The van der Waals surface area contributed by atoms with Crippen molar-refractivity contribution in [3.05, 3.63) is 48.7 Å². The average molecular weight is 423 g/mol. The van der Waals surface area contributed by atoms with Gasteiger partial charge in [0.25, 0.3) is 0 Å². The molecule has 0 aliphatic carbocycles. The number of hydrogen-bond donors (Lipinski definition) is 1. The lowest BCUT2D eigenvalue weighted by atomic mass is 9.73. The van der Waals surface area contributed by atoms with Crippen molar-refractivity contribution in [2.45, 2.75) is 25.0 Å². The van der Waals surface area contributed by atoms with Crippen LogP contribution in [-0.4, -0.2) is 46.7 Å². The molecular weight excluding hydrogens is 396 g/mol. The van der Waals surface area contributed by atoms with Crippen LogP contribution in [0.25, 0.3) is 10.9 Å². The predicted molar refractivity (Wildman–Crippen MR) is 109 cm³/mol. The van der Waals surface area contributed by atoms with E-state index in [0.717, 1.165) is 41.7 Å². The number of methoxy groups -OCH3 is 1. The van der Waals surface area contributed by atoms with Crippen LogP contribution in [0.1, 0.15) is 24.5 Å². The summed E-state index contributed by atoms with van der Waals surface area (Å²) < 4.78 is 5.35. The Morgan fingerprint density at radius 2 is 2.19 bits per heavy atom. The fraction of sp³-hybridized carbons (Fsp3) is 0.450. The van der Waals surface area contributed by atoms with Crippen molar-refractivity contribution in [2.24, 2.45) is 11.8 Å². The standard InChI is InChI=1S/C20H24N2O2.BrH.H2O/c1-3-13-12-22-9-7-14(13)10-19(22)20(23)16-6-8-21-18-5-4-15(24-2)11-17(16)18;;/h3-6,8,11,13-14,19-20,23H,1,7,9-10,12H2,2H3;1H;1H2/t13-,14?,19-,20-;;/m1../s1. The van der Waals surface area contributed by atoms with E-state index in [9.17, 15) is 5.11 Å². The SMILES string of the molecule is Br.C=C[C@@H]1CN2CCC1C[C@@H]2[C@H](O)c1ccnc2ccc(OC)cc12.O. The highest BCUT2D eigenvalue weighted by atomic mass is 79.9. The Morgan fingerprint density at radius 1 is 1.38 bits per heavy atom. The van der Waals surface area contributed by atoms with Crippen LogP contribution < -0.4 is 4.74 Å². The molecule has 3 saturated heterocycles. The van der Waals surface area contributed by atoms with Gasteiger partial charge in [0.05, 0.1) is 18.7 Å². The molecule has 1 aromatic heterocycles. The third-order valence-electron chi connectivity index (χ3n) is 5.82. The zero-order valence-electron chi connectivity index (χ0n) is 15.0. The Morgan fingerprint density at radius 3 is 2.85 bits per heavy atom. The number of nitrogens with zero attached hydrogens (tertiary/aromatic N) is 2. The van der Waals surface area contributed by atoms with Crippen LogP contribution in [0.5, 0.6) is 5.75 Å². The van der Waals surface area contributed by atoms with Gasteiger partial charge in [-0.3, -0.25) is 9.88 Å². The van der Waals surface area contributed by atoms with E-state index in [2.05, 4.69) is 22.5 Å². The van der Waals surface area contributed by atoms with E-state index in [1.54, 1.807) is 13.3 Å². The second-order valence-corrected chi connectivity index (χ2v) is 6.97. The van der Waals surface area contributed by atoms with Gasteiger partial charge >= 0.3 is 0 Å². The van der Waals surface area contributed by atoms with E-state index >= 15 is 0 Å². The van der Waals surface area contributed by atoms with E-state index in [0.29, 0.717) is 11.8 Å². The minimum atomic E-state index is -0.504. The molecule has 3 aliphatic heterocycles. The maximum Gasteiger partial charge on any atom is 0.119 e. The smallest absolute Gasteiger partial charge is 0.119 e. The zero-order chi connectivity index (χ0) is 16.7. The number of piperidine rings is 3. The van der Waals surface area contributed by atoms with Crippen molar-refractivity contribution < 1.29 is 15.3 Å². The van der Waals surface area contributed by atoms with Crippen LogP contribution in [0.4, 0.5) is 0 Å². The van der Waals surface area contributed by atoms with E-state index < -0.39 is 6.10 Å². The normalized spacial score (nSPS) is 27.9. The number of benzene rings is 1. The minimum Gasteiger partial charge on any atom is -0.497 e. The Bertz CT molecular complexity index is 770. The maximum absolute atomic E-state index is 11.2. The van der Waals surface area contributed by atoms with E-state index in [1.165, 1.54) is 6.42 Å². The van der Waals surface area contributed by atoms with Crippen LogP contribution in [0, 0.1) is 11.8 Å². The summed E-state index contributed by atoms with van der Waals surface area (Å²) >= 11 is 0. The second kappa shape index (κ2) is 8.48. The molecule has 0 spiro atoms. The number of halogens is 1. The molecule has 3 N–H and O–H groups in total. The van der Waals surface area contributed by atoms with Gasteiger partial charge in [-0.15, -0.1) is 23.6 Å². The molecule has 0 amide bonds. The molecule has 142 valence electrons. The molecule has 3 fully saturated rings. The molecule has 4 heterocycles. The quantitative estimate of drug-likeness (QED) is 0.768. The Balaban J connectivity index is 0.00000121. The molecule has 5 nitrogen and oxygen atoms in total. The number of rotatable bonds is 4. The Hall–Kier alpha value is -1.47. The third-order valence-corrected chi connectivity index (χ3v) is 5.82. The van der Waals surface area contributed by atoms with Crippen molar-refractivity contribution in [3.8, 4) is 5.75 Å². The molecule has 2 unspecified atom stereocenters. The molecule has 3 aliphatic rings. The Kier molecular flexibility index (Phi) is 6.80. The fourth-order valence-electron chi connectivity index (χ4n) is 4.44. The molecule has 5 rings (SSSR count). The highest BCUT2D eigenvalue weighted by Crippen LogP contribution is 2.42. The van der Waals surface area contributed by atoms with Crippen LogP contribution >= 0.6 is 17.0 Å². The zero-order valence-corrected chi connectivity index (χ0v) is 16.7. The first kappa shape index (κ1) is 20.8. The summed E-state index contributed by atoms with van der Waals surface area (Å²) in [7, 11) is 1.66. The number of aromatic nitrogens is 1. The van der Waals surface area contributed by atoms with Gasteiger partial charge in [0.2, 0.25) is 0 Å².